The van der Waals surface area contributed by atoms with Crippen LogP contribution < -0.4 is 9.47 Å². The van der Waals surface area contributed by atoms with E-state index in [0.717, 1.165) is 58.5 Å². The van der Waals surface area contributed by atoms with E-state index in [1.54, 1.807) is 13.4 Å². The molecule has 0 aliphatic heterocycles. The fourth-order valence-electron chi connectivity index (χ4n) is 4.29. The molecule has 6 heteroatoms. The van der Waals surface area contributed by atoms with Crippen molar-refractivity contribution in [2.24, 2.45) is 0 Å². The Kier molecular flexibility index (Phi) is 6.29. The van der Waals surface area contributed by atoms with Gasteiger partial charge in [0.15, 0.2) is 0 Å². The third-order valence-electron chi connectivity index (χ3n) is 5.88. The average Bonchev–Trinajstić information content (AvgIpc) is 3.39. The van der Waals surface area contributed by atoms with Crippen LogP contribution in [0.3, 0.4) is 0 Å². The molecule has 6 nitrogen and oxygen atoms in total. The molecule has 4 aromatic rings. The van der Waals surface area contributed by atoms with Gasteiger partial charge in [0.05, 0.1) is 30.1 Å². The summed E-state index contributed by atoms with van der Waals surface area (Å²) < 4.78 is 22.0. The zero-order valence-corrected chi connectivity index (χ0v) is 19.0. The van der Waals surface area contributed by atoms with Gasteiger partial charge in [-0.3, -0.25) is 0 Å². The second-order valence-electron chi connectivity index (χ2n) is 8.03. The highest BCUT2D eigenvalue weighted by Crippen LogP contribution is 2.36. The molecule has 0 unspecified atom stereocenters. The predicted octanol–water partition coefficient (Wildman–Crippen LogP) is 5.95. The number of ether oxygens (including phenoxy) is 3. The van der Waals surface area contributed by atoms with E-state index in [-0.39, 0.29) is 19.2 Å². The zero-order valence-electron chi connectivity index (χ0n) is 19.0. The molecule has 0 radical (unpaired) electrons. The highest BCUT2D eigenvalue weighted by atomic mass is 16.6. The molecule has 2 heterocycles. The quantitative estimate of drug-likeness (QED) is 0.253. The summed E-state index contributed by atoms with van der Waals surface area (Å²) >= 11 is 0. The van der Waals surface area contributed by atoms with Gasteiger partial charge in [-0.2, -0.15) is 0 Å². The predicted molar refractivity (Wildman–Crippen MR) is 130 cm³/mol. The van der Waals surface area contributed by atoms with Crippen molar-refractivity contribution in [3.63, 3.8) is 0 Å². The van der Waals surface area contributed by atoms with E-state index in [0.29, 0.717) is 11.3 Å². The Morgan fingerprint density at radius 3 is 2.62 bits per heavy atom. The van der Waals surface area contributed by atoms with Gasteiger partial charge in [-0.05, 0) is 78.9 Å². The van der Waals surface area contributed by atoms with Crippen molar-refractivity contribution in [2.75, 3.05) is 20.3 Å². The van der Waals surface area contributed by atoms with Crippen LogP contribution in [-0.2, 0) is 11.2 Å². The maximum atomic E-state index is 13.3. The summed E-state index contributed by atoms with van der Waals surface area (Å²) in [6.45, 7) is 0.401. The number of fused-ring (bicyclic) bond motifs is 2. The summed E-state index contributed by atoms with van der Waals surface area (Å²) in [6, 6.07) is 18.8. The van der Waals surface area contributed by atoms with E-state index in [9.17, 15) is 4.79 Å². The number of para-hydroxylation sites is 1. The number of nitrogens with zero attached hydrogens (tertiary/aromatic N) is 1. The normalized spacial score (nSPS) is 14.1. The van der Waals surface area contributed by atoms with Crippen molar-refractivity contribution in [2.45, 2.75) is 19.3 Å². The summed E-state index contributed by atoms with van der Waals surface area (Å²) in [6.07, 6.45) is 6.25. The highest BCUT2D eigenvalue weighted by molar-refractivity contribution is 6.06. The van der Waals surface area contributed by atoms with Gasteiger partial charge in [-0.15, -0.1) is 0 Å². The number of esters is 1. The minimum Gasteiger partial charge on any atom is -0.497 e. The molecule has 0 N–H and O–H groups in total. The van der Waals surface area contributed by atoms with Crippen LogP contribution in [0.2, 0.25) is 0 Å². The lowest BCUT2D eigenvalue weighted by molar-refractivity contribution is 0.0451. The zero-order chi connectivity index (χ0) is 23.3. The van der Waals surface area contributed by atoms with Gasteiger partial charge in [0, 0.05) is 5.39 Å². The Hall–Kier alpha value is -4.06. The molecule has 172 valence electrons. The first-order valence-electron chi connectivity index (χ1n) is 11.3. The molecule has 34 heavy (non-hydrogen) atoms. The lowest BCUT2D eigenvalue weighted by atomic mass is 9.86. The van der Waals surface area contributed by atoms with Crippen LogP contribution in [0.1, 0.15) is 40.2 Å². The minimum absolute atomic E-state index is 0.144. The molecule has 1 aliphatic carbocycles. The van der Waals surface area contributed by atoms with Crippen molar-refractivity contribution in [3.05, 3.63) is 89.5 Å². The molecule has 0 saturated heterocycles. The van der Waals surface area contributed by atoms with E-state index >= 15 is 0 Å². The van der Waals surface area contributed by atoms with Gasteiger partial charge in [-0.25, -0.2) is 9.78 Å². The largest absolute Gasteiger partial charge is 0.497 e. The fraction of sp³-hybridized carbons (Fsp3) is 0.214. The Morgan fingerprint density at radius 2 is 1.82 bits per heavy atom. The number of carbonyl (C=O) groups is 1. The first kappa shape index (κ1) is 21.8. The topological polar surface area (TPSA) is 70.8 Å². The third kappa shape index (κ3) is 4.53. The van der Waals surface area contributed by atoms with Crippen LogP contribution in [0.4, 0.5) is 0 Å². The summed E-state index contributed by atoms with van der Waals surface area (Å²) in [4.78, 5) is 18.2. The van der Waals surface area contributed by atoms with Crippen LogP contribution in [0.25, 0.3) is 22.6 Å². The number of hydrogen-bond donors (Lipinski definition) is 0. The molecular formula is C28H25NO5. The molecule has 0 atom stereocenters. The van der Waals surface area contributed by atoms with E-state index in [2.05, 4.69) is 0 Å². The second-order valence-corrected chi connectivity index (χ2v) is 8.03. The van der Waals surface area contributed by atoms with E-state index in [1.165, 1.54) is 0 Å². The summed E-state index contributed by atoms with van der Waals surface area (Å²) in [5, 5.41) is 0.807. The Bertz CT molecular complexity index is 1320. The third-order valence-corrected chi connectivity index (χ3v) is 5.88. The minimum atomic E-state index is -0.354. The molecule has 0 amide bonds. The van der Waals surface area contributed by atoms with Crippen LogP contribution in [0, 0.1) is 0 Å². The summed E-state index contributed by atoms with van der Waals surface area (Å²) in [7, 11) is 1.62. The number of rotatable bonds is 7. The smallest absolute Gasteiger partial charge is 0.339 e. The summed E-state index contributed by atoms with van der Waals surface area (Å²) in [5.41, 5.74) is 4.22. The first-order chi connectivity index (χ1) is 16.7. The van der Waals surface area contributed by atoms with Crippen molar-refractivity contribution in [3.8, 4) is 11.5 Å². The molecular weight excluding hydrogens is 430 g/mol. The van der Waals surface area contributed by atoms with Gasteiger partial charge in [-0.1, -0.05) is 18.2 Å². The van der Waals surface area contributed by atoms with Crippen LogP contribution in [0.5, 0.6) is 11.5 Å². The Labute approximate surface area is 197 Å². The molecule has 2 aromatic heterocycles. The van der Waals surface area contributed by atoms with Gasteiger partial charge < -0.3 is 18.6 Å². The average molecular weight is 456 g/mol. The maximum Gasteiger partial charge on any atom is 0.339 e. The Balaban J connectivity index is 1.39. The summed E-state index contributed by atoms with van der Waals surface area (Å²) in [5.74, 6) is 1.87. The molecule has 0 saturated carbocycles. The van der Waals surface area contributed by atoms with Crippen LogP contribution >= 0.6 is 0 Å². The second kappa shape index (κ2) is 9.83. The van der Waals surface area contributed by atoms with Gasteiger partial charge in [0.1, 0.15) is 30.5 Å². The van der Waals surface area contributed by atoms with Crippen LogP contribution in [0.15, 0.2) is 71.3 Å². The van der Waals surface area contributed by atoms with Crippen molar-refractivity contribution in [1.82, 2.24) is 4.98 Å². The number of furan rings is 1. The SMILES string of the molecule is COc1ccc(OCCOC(=O)c2c3c(nc4ccccc24)C(=Cc2ccco2)CCC3)cc1. The maximum absolute atomic E-state index is 13.3. The number of pyridine rings is 1. The molecule has 2 aromatic carbocycles. The molecule has 0 bridgehead atoms. The van der Waals surface area contributed by atoms with E-state index in [1.807, 2.05) is 66.7 Å². The standard InChI is InChI=1S/C28H25NO5/c1-31-20-11-13-21(14-12-20)33-16-17-34-28(30)26-23-8-2-3-10-25(23)29-27-19(6-4-9-24(26)27)18-22-7-5-15-32-22/h2-3,5,7-8,10-15,18H,4,6,9,16-17H2,1H3. The molecule has 1 aliphatic rings. The van der Waals surface area contributed by atoms with E-state index < -0.39 is 0 Å². The number of carbonyl (C=O) groups excluding carboxylic acids is 1. The molecule has 5 rings (SSSR count). The van der Waals surface area contributed by atoms with Crippen LogP contribution in [-0.4, -0.2) is 31.3 Å². The van der Waals surface area contributed by atoms with Gasteiger partial charge >= 0.3 is 5.97 Å². The number of aromatic nitrogens is 1. The van der Waals surface area contributed by atoms with Gasteiger partial charge in [0.2, 0.25) is 0 Å². The number of benzene rings is 2. The van der Waals surface area contributed by atoms with Gasteiger partial charge in [0.25, 0.3) is 0 Å². The Morgan fingerprint density at radius 1 is 1.00 bits per heavy atom. The number of hydrogen-bond acceptors (Lipinski definition) is 6. The lowest BCUT2D eigenvalue weighted by Gasteiger charge is -2.22. The van der Waals surface area contributed by atoms with E-state index in [4.69, 9.17) is 23.6 Å². The number of methoxy groups -OCH3 is 1. The lowest BCUT2D eigenvalue weighted by Crippen LogP contribution is -2.17. The number of allylic oxidation sites excluding steroid dienone is 1. The van der Waals surface area contributed by atoms with Crippen molar-refractivity contribution in [1.29, 1.82) is 0 Å². The monoisotopic (exact) mass is 455 g/mol. The highest BCUT2D eigenvalue weighted by Gasteiger charge is 2.26. The molecule has 0 fully saturated rings. The van der Waals surface area contributed by atoms with Crippen molar-refractivity contribution >= 4 is 28.5 Å². The fourth-order valence-corrected chi connectivity index (χ4v) is 4.29. The first-order valence-corrected chi connectivity index (χ1v) is 11.3. The molecule has 0 spiro atoms. The van der Waals surface area contributed by atoms with Crippen molar-refractivity contribution < 1.29 is 23.4 Å².